The minimum atomic E-state index is -0.995. The molecular formula is C29H23NO5. The van der Waals surface area contributed by atoms with Crippen molar-refractivity contribution in [2.24, 2.45) is 0 Å². The first-order valence-corrected chi connectivity index (χ1v) is 11.3. The SMILES string of the molecule is CC(OC(=O)C1c2ccccc2Oc2ccccc21)C(=O)Nc1ccc(Oc2ccccc2)cc1. The number of carbonyl (C=O) groups excluding carboxylic acids is 2. The lowest BCUT2D eigenvalue weighted by Crippen LogP contribution is -2.32. The Morgan fingerprint density at radius 2 is 1.29 bits per heavy atom. The second-order valence-electron chi connectivity index (χ2n) is 8.12. The van der Waals surface area contributed by atoms with Gasteiger partial charge in [0.2, 0.25) is 0 Å². The highest BCUT2D eigenvalue weighted by Gasteiger charge is 2.35. The molecule has 0 spiro atoms. The Kier molecular flexibility index (Phi) is 6.18. The van der Waals surface area contributed by atoms with Crippen LogP contribution >= 0.6 is 0 Å². The minimum Gasteiger partial charge on any atom is -0.457 e. The third kappa shape index (κ3) is 4.87. The van der Waals surface area contributed by atoms with Crippen LogP contribution in [0.2, 0.25) is 0 Å². The lowest BCUT2D eigenvalue weighted by molar-refractivity contribution is -0.153. The maximum absolute atomic E-state index is 13.2. The van der Waals surface area contributed by atoms with Crippen molar-refractivity contribution in [3.8, 4) is 23.0 Å². The van der Waals surface area contributed by atoms with E-state index < -0.39 is 23.9 Å². The number of anilines is 1. The van der Waals surface area contributed by atoms with Gasteiger partial charge < -0.3 is 19.5 Å². The quantitative estimate of drug-likeness (QED) is 0.339. The maximum atomic E-state index is 13.2. The van der Waals surface area contributed by atoms with Crippen molar-refractivity contribution in [2.45, 2.75) is 18.9 Å². The van der Waals surface area contributed by atoms with Crippen LogP contribution in [0.5, 0.6) is 23.0 Å². The molecule has 6 heteroatoms. The van der Waals surface area contributed by atoms with E-state index in [4.69, 9.17) is 14.2 Å². The summed E-state index contributed by atoms with van der Waals surface area (Å²) in [4.78, 5) is 26.0. The molecule has 1 unspecified atom stereocenters. The average Bonchev–Trinajstić information content (AvgIpc) is 2.88. The molecule has 1 atom stereocenters. The van der Waals surface area contributed by atoms with Gasteiger partial charge in [-0.25, -0.2) is 0 Å². The van der Waals surface area contributed by atoms with Crippen molar-refractivity contribution in [1.82, 2.24) is 0 Å². The Balaban J connectivity index is 1.25. The second kappa shape index (κ2) is 9.73. The maximum Gasteiger partial charge on any atom is 0.318 e. The summed E-state index contributed by atoms with van der Waals surface area (Å²) in [6.07, 6.45) is -0.995. The number of rotatable bonds is 6. The third-order valence-corrected chi connectivity index (χ3v) is 5.68. The van der Waals surface area contributed by atoms with Crippen LogP contribution in [-0.4, -0.2) is 18.0 Å². The Bertz CT molecular complexity index is 1310. The molecule has 6 nitrogen and oxygen atoms in total. The molecule has 0 saturated heterocycles. The van der Waals surface area contributed by atoms with Gasteiger partial charge in [-0.1, -0.05) is 54.6 Å². The zero-order chi connectivity index (χ0) is 24.2. The van der Waals surface area contributed by atoms with E-state index in [1.54, 1.807) is 31.2 Å². The summed E-state index contributed by atoms with van der Waals surface area (Å²) in [6.45, 7) is 1.55. The molecule has 1 aliphatic rings. The van der Waals surface area contributed by atoms with Crippen molar-refractivity contribution in [3.05, 3.63) is 114 Å². The Labute approximate surface area is 203 Å². The molecule has 4 aromatic carbocycles. The summed E-state index contributed by atoms with van der Waals surface area (Å²) in [5, 5.41) is 2.78. The smallest absolute Gasteiger partial charge is 0.318 e. The molecule has 0 aromatic heterocycles. The average molecular weight is 466 g/mol. The van der Waals surface area contributed by atoms with E-state index in [0.717, 1.165) is 5.75 Å². The molecule has 5 rings (SSSR count). The fourth-order valence-electron chi connectivity index (χ4n) is 3.93. The number of nitrogens with one attached hydrogen (secondary N) is 1. The third-order valence-electron chi connectivity index (χ3n) is 5.68. The molecule has 0 radical (unpaired) electrons. The van der Waals surface area contributed by atoms with Crippen LogP contribution in [0, 0.1) is 0 Å². The first-order valence-electron chi connectivity index (χ1n) is 11.3. The summed E-state index contributed by atoms with van der Waals surface area (Å²) in [7, 11) is 0. The standard InChI is InChI=1S/C29H23NO5/c1-19(28(31)30-20-15-17-22(18-16-20)34-21-9-3-2-4-10-21)33-29(32)27-23-11-5-7-13-25(23)35-26-14-8-6-12-24(26)27/h2-19,27H,1H3,(H,30,31). The molecule has 0 aliphatic carbocycles. The number of fused-ring (bicyclic) bond motifs is 2. The second-order valence-corrected chi connectivity index (χ2v) is 8.12. The van der Waals surface area contributed by atoms with Gasteiger partial charge in [-0.05, 0) is 55.5 Å². The highest BCUT2D eigenvalue weighted by molar-refractivity contribution is 5.96. The van der Waals surface area contributed by atoms with Crippen LogP contribution in [0.15, 0.2) is 103 Å². The van der Waals surface area contributed by atoms with Gasteiger partial charge in [0, 0.05) is 16.8 Å². The van der Waals surface area contributed by atoms with Crippen molar-refractivity contribution in [3.63, 3.8) is 0 Å². The van der Waals surface area contributed by atoms with Crippen molar-refractivity contribution >= 4 is 17.6 Å². The van der Waals surface area contributed by atoms with E-state index in [1.807, 2.05) is 78.9 Å². The molecule has 1 amide bonds. The number of carbonyl (C=O) groups is 2. The lowest BCUT2D eigenvalue weighted by Gasteiger charge is -2.27. The van der Waals surface area contributed by atoms with Crippen LogP contribution in [0.25, 0.3) is 0 Å². The van der Waals surface area contributed by atoms with Crippen molar-refractivity contribution in [1.29, 1.82) is 0 Å². The molecule has 35 heavy (non-hydrogen) atoms. The van der Waals surface area contributed by atoms with E-state index >= 15 is 0 Å². The molecule has 0 bridgehead atoms. The number of hydrogen-bond donors (Lipinski definition) is 1. The number of benzene rings is 4. The Hall–Kier alpha value is -4.58. The van der Waals surface area contributed by atoms with Gasteiger partial charge in [-0.3, -0.25) is 9.59 Å². The monoisotopic (exact) mass is 465 g/mol. The number of para-hydroxylation sites is 3. The van der Waals surface area contributed by atoms with Crippen LogP contribution in [0.1, 0.15) is 24.0 Å². The van der Waals surface area contributed by atoms with E-state index in [0.29, 0.717) is 34.1 Å². The summed E-state index contributed by atoms with van der Waals surface area (Å²) in [5.74, 6) is 0.949. The van der Waals surface area contributed by atoms with E-state index in [2.05, 4.69) is 5.32 Å². The largest absolute Gasteiger partial charge is 0.457 e. The van der Waals surface area contributed by atoms with Crippen molar-refractivity contribution < 1.29 is 23.8 Å². The number of amides is 1. The fourth-order valence-corrected chi connectivity index (χ4v) is 3.93. The molecule has 0 saturated carbocycles. The van der Waals surface area contributed by atoms with E-state index in [1.165, 1.54) is 0 Å². The lowest BCUT2D eigenvalue weighted by atomic mass is 9.88. The Morgan fingerprint density at radius 1 is 0.743 bits per heavy atom. The number of esters is 1. The molecule has 1 aliphatic heterocycles. The minimum absolute atomic E-state index is 0.427. The fraction of sp³-hybridized carbons (Fsp3) is 0.103. The van der Waals surface area contributed by atoms with E-state index in [-0.39, 0.29) is 0 Å². The van der Waals surface area contributed by atoms with Gasteiger partial charge in [0.1, 0.15) is 28.9 Å². The van der Waals surface area contributed by atoms with Crippen molar-refractivity contribution in [2.75, 3.05) is 5.32 Å². The van der Waals surface area contributed by atoms with Gasteiger partial charge in [-0.15, -0.1) is 0 Å². The zero-order valence-electron chi connectivity index (χ0n) is 19.0. The van der Waals surface area contributed by atoms with Crippen LogP contribution < -0.4 is 14.8 Å². The molecule has 1 heterocycles. The van der Waals surface area contributed by atoms with E-state index in [9.17, 15) is 9.59 Å². The topological polar surface area (TPSA) is 73.9 Å². The van der Waals surface area contributed by atoms with Gasteiger partial charge in [-0.2, -0.15) is 0 Å². The first kappa shape index (κ1) is 22.2. The van der Waals surface area contributed by atoms with Gasteiger partial charge in [0.25, 0.3) is 5.91 Å². The summed E-state index contributed by atoms with van der Waals surface area (Å²) in [5.41, 5.74) is 1.98. The highest BCUT2D eigenvalue weighted by Crippen LogP contribution is 2.44. The molecule has 1 N–H and O–H groups in total. The van der Waals surface area contributed by atoms with Gasteiger partial charge in [0.15, 0.2) is 6.10 Å². The highest BCUT2D eigenvalue weighted by atomic mass is 16.5. The predicted molar refractivity (Wildman–Crippen MR) is 132 cm³/mol. The van der Waals surface area contributed by atoms with Crippen LogP contribution in [0.3, 0.4) is 0 Å². The Morgan fingerprint density at radius 3 is 1.91 bits per heavy atom. The zero-order valence-corrected chi connectivity index (χ0v) is 19.0. The normalized spacial score (nSPS) is 12.9. The molecule has 174 valence electrons. The summed E-state index contributed by atoms with van der Waals surface area (Å²) in [6, 6.07) is 31.1. The van der Waals surface area contributed by atoms with Crippen LogP contribution in [-0.2, 0) is 14.3 Å². The molecular weight excluding hydrogens is 442 g/mol. The number of ether oxygens (including phenoxy) is 3. The van der Waals surface area contributed by atoms with Gasteiger partial charge >= 0.3 is 5.97 Å². The summed E-state index contributed by atoms with van der Waals surface area (Å²) < 4.78 is 17.3. The predicted octanol–water partition coefficient (Wildman–Crippen LogP) is 6.29. The number of hydrogen-bond acceptors (Lipinski definition) is 5. The van der Waals surface area contributed by atoms with Gasteiger partial charge in [0.05, 0.1) is 0 Å². The molecule has 0 fully saturated rings. The van der Waals surface area contributed by atoms with Crippen LogP contribution in [0.4, 0.5) is 5.69 Å². The first-order chi connectivity index (χ1) is 17.1. The summed E-state index contributed by atoms with van der Waals surface area (Å²) >= 11 is 0. The molecule has 4 aromatic rings.